The van der Waals surface area contributed by atoms with E-state index in [0.717, 1.165) is 0 Å². The number of nitrogens with one attached hydrogen (secondary N) is 1. The standard InChI is InChI=1S/C7H9F3N2O/c8-7(9,10)5-13-4-3-12-2-1-11-6-12/h1-2,6H,3-5H2/p+1. The number of nitrogens with zero attached hydrogens (tertiary/aromatic N) is 1. The highest BCUT2D eigenvalue weighted by molar-refractivity contribution is 4.55. The maximum absolute atomic E-state index is 11.6. The summed E-state index contributed by atoms with van der Waals surface area (Å²) in [6, 6.07) is 0. The predicted octanol–water partition coefficient (Wildman–Crippen LogP) is 0.881. The van der Waals surface area contributed by atoms with E-state index in [1.54, 1.807) is 23.3 Å². The molecule has 0 aliphatic heterocycles. The molecule has 0 aliphatic carbocycles. The maximum Gasteiger partial charge on any atom is 0.411 e. The number of ether oxygens (including phenoxy) is 1. The van der Waals surface area contributed by atoms with E-state index in [1.165, 1.54) is 0 Å². The zero-order chi connectivity index (χ0) is 9.73. The topological polar surface area (TPSA) is 28.9 Å². The molecule has 0 fully saturated rings. The number of alkyl halides is 3. The SMILES string of the molecule is FC(F)(F)COCC[n+]1cc[nH]c1. The van der Waals surface area contributed by atoms with Crippen molar-refractivity contribution in [2.45, 2.75) is 12.7 Å². The molecule has 1 aromatic rings. The minimum atomic E-state index is -4.23. The van der Waals surface area contributed by atoms with Crippen molar-refractivity contribution >= 4 is 0 Å². The first-order chi connectivity index (χ1) is 6.08. The van der Waals surface area contributed by atoms with Gasteiger partial charge in [0.05, 0.1) is 6.61 Å². The summed E-state index contributed by atoms with van der Waals surface area (Å²) < 4.78 is 40.9. The molecule has 0 aliphatic rings. The minimum Gasteiger partial charge on any atom is -0.368 e. The van der Waals surface area contributed by atoms with E-state index in [-0.39, 0.29) is 6.61 Å². The van der Waals surface area contributed by atoms with Gasteiger partial charge in [0.2, 0.25) is 6.33 Å². The van der Waals surface area contributed by atoms with Crippen molar-refractivity contribution < 1.29 is 22.5 Å². The molecule has 0 amide bonds. The lowest BCUT2D eigenvalue weighted by atomic mass is 10.6. The number of H-pyrrole nitrogens is 1. The summed E-state index contributed by atoms with van der Waals surface area (Å²) in [5, 5.41) is 0. The van der Waals surface area contributed by atoms with Crippen molar-refractivity contribution in [1.29, 1.82) is 0 Å². The first-order valence-corrected chi connectivity index (χ1v) is 3.74. The van der Waals surface area contributed by atoms with Crippen LogP contribution in [-0.2, 0) is 11.3 Å². The van der Waals surface area contributed by atoms with Crippen LogP contribution in [0.4, 0.5) is 13.2 Å². The van der Waals surface area contributed by atoms with Gasteiger partial charge in [-0.05, 0) is 0 Å². The molecule has 1 aromatic heterocycles. The van der Waals surface area contributed by atoms with Crippen molar-refractivity contribution in [3.05, 3.63) is 18.7 Å². The van der Waals surface area contributed by atoms with Crippen molar-refractivity contribution in [3.63, 3.8) is 0 Å². The van der Waals surface area contributed by atoms with Crippen molar-refractivity contribution in [2.24, 2.45) is 0 Å². The Morgan fingerprint density at radius 2 is 2.15 bits per heavy atom. The Hall–Kier alpha value is -1.04. The van der Waals surface area contributed by atoms with Crippen LogP contribution in [0.2, 0.25) is 0 Å². The monoisotopic (exact) mass is 195 g/mol. The van der Waals surface area contributed by atoms with E-state index in [1.807, 2.05) is 0 Å². The third-order valence-electron chi connectivity index (χ3n) is 1.36. The Morgan fingerprint density at radius 1 is 1.38 bits per heavy atom. The Bertz CT molecular complexity index is 232. The number of hydrogen-bond acceptors (Lipinski definition) is 1. The van der Waals surface area contributed by atoms with Crippen LogP contribution in [0.5, 0.6) is 0 Å². The first-order valence-electron chi connectivity index (χ1n) is 3.74. The number of rotatable bonds is 4. The molecule has 0 saturated carbocycles. The average Bonchev–Trinajstić information content (AvgIpc) is 2.48. The van der Waals surface area contributed by atoms with Crippen LogP contribution in [0.15, 0.2) is 18.7 Å². The second kappa shape index (κ2) is 4.27. The van der Waals surface area contributed by atoms with Gasteiger partial charge >= 0.3 is 6.18 Å². The Balaban J connectivity index is 2.09. The number of aromatic amines is 1. The summed E-state index contributed by atoms with van der Waals surface area (Å²) in [5.74, 6) is 0. The van der Waals surface area contributed by atoms with Crippen LogP contribution < -0.4 is 4.57 Å². The zero-order valence-electron chi connectivity index (χ0n) is 6.84. The third-order valence-corrected chi connectivity index (χ3v) is 1.36. The molecule has 0 saturated heterocycles. The Kier molecular flexibility index (Phi) is 3.30. The van der Waals surface area contributed by atoms with Crippen LogP contribution in [0.25, 0.3) is 0 Å². The van der Waals surface area contributed by atoms with Gasteiger partial charge in [-0.2, -0.15) is 13.2 Å². The van der Waals surface area contributed by atoms with Crippen LogP contribution in [0.1, 0.15) is 0 Å². The van der Waals surface area contributed by atoms with Crippen LogP contribution in [-0.4, -0.2) is 24.4 Å². The lowest BCUT2D eigenvalue weighted by Gasteiger charge is -2.05. The molecule has 0 bridgehead atoms. The van der Waals surface area contributed by atoms with E-state index < -0.39 is 12.8 Å². The van der Waals surface area contributed by atoms with Gasteiger partial charge in [0.15, 0.2) is 0 Å². The summed E-state index contributed by atoms with van der Waals surface area (Å²) in [7, 11) is 0. The molecular formula is C7H10F3N2O+. The molecule has 0 unspecified atom stereocenters. The fourth-order valence-electron chi connectivity index (χ4n) is 0.818. The van der Waals surface area contributed by atoms with Gasteiger partial charge in [0.1, 0.15) is 25.5 Å². The Morgan fingerprint density at radius 3 is 2.69 bits per heavy atom. The lowest BCUT2D eigenvalue weighted by Crippen LogP contribution is -2.34. The summed E-state index contributed by atoms with van der Waals surface area (Å²) in [4.78, 5) is 2.77. The van der Waals surface area contributed by atoms with E-state index in [0.29, 0.717) is 6.54 Å². The van der Waals surface area contributed by atoms with Crippen molar-refractivity contribution in [2.75, 3.05) is 13.2 Å². The van der Waals surface area contributed by atoms with Gasteiger partial charge in [-0.15, -0.1) is 0 Å². The highest BCUT2D eigenvalue weighted by Gasteiger charge is 2.27. The molecule has 1 N–H and O–H groups in total. The van der Waals surface area contributed by atoms with Gasteiger partial charge < -0.3 is 4.74 Å². The van der Waals surface area contributed by atoms with E-state index in [2.05, 4.69) is 9.72 Å². The van der Waals surface area contributed by atoms with E-state index in [9.17, 15) is 13.2 Å². The minimum absolute atomic E-state index is 0.0576. The summed E-state index contributed by atoms with van der Waals surface area (Å²) in [5.41, 5.74) is 0. The molecule has 0 atom stereocenters. The molecule has 1 heterocycles. The predicted molar refractivity (Wildman–Crippen MR) is 37.9 cm³/mol. The van der Waals surface area contributed by atoms with E-state index >= 15 is 0 Å². The average molecular weight is 195 g/mol. The number of imidazole rings is 1. The number of halogens is 3. The fraction of sp³-hybridized carbons (Fsp3) is 0.571. The molecular weight excluding hydrogens is 185 g/mol. The molecule has 74 valence electrons. The molecule has 3 nitrogen and oxygen atoms in total. The molecule has 0 spiro atoms. The van der Waals surface area contributed by atoms with Crippen LogP contribution in [0, 0.1) is 0 Å². The largest absolute Gasteiger partial charge is 0.411 e. The first kappa shape index (κ1) is 10.0. The van der Waals surface area contributed by atoms with Crippen molar-refractivity contribution in [1.82, 2.24) is 4.98 Å². The summed E-state index contributed by atoms with van der Waals surface area (Å²) >= 11 is 0. The molecule has 13 heavy (non-hydrogen) atoms. The molecule has 6 heteroatoms. The number of hydrogen-bond donors (Lipinski definition) is 1. The zero-order valence-corrected chi connectivity index (χ0v) is 6.84. The third kappa shape index (κ3) is 4.51. The highest BCUT2D eigenvalue weighted by Crippen LogP contribution is 2.13. The molecule has 1 rings (SSSR count). The highest BCUT2D eigenvalue weighted by atomic mass is 19.4. The van der Waals surface area contributed by atoms with Gasteiger partial charge in [-0.25, -0.2) is 4.57 Å². The maximum atomic E-state index is 11.6. The fourth-order valence-corrected chi connectivity index (χ4v) is 0.818. The summed E-state index contributed by atoms with van der Waals surface area (Å²) in [6.07, 6.45) is 0.820. The second-order valence-electron chi connectivity index (χ2n) is 2.52. The van der Waals surface area contributed by atoms with Crippen LogP contribution in [0.3, 0.4) is 0 Å². The lowest BCUT2D eigenvalue weighted by molar-refractivity contribution is -0.697. The normalized spacial score (nSPS) is 11.9. The summed E-state index contributed by atoms with van der Waals surface area (Å²) in [6.45, 7) is -0.709. The number of aromatic nitrogens is 2. The van der Waals surface area contributed by atoms with E-state index in [4.69, 9.17) is 0 Å². The van der Waals surface area contributed by atoms with Crippen molar-refractivity contribution in [3.8, 4) is 0 Å². The van der Waals surface area contributed by atoms with Gasteiger partial charge in [0, 0.05) is 0 Å². The Labute approximate surface area is 73.1 Å². The van der Waals surface area contributed by atoms with Gasteiger partial charge in [-0.1, -0.05) is 0 Å². The molecule has 0 aromatic carbocycles. The smallest absolute Gasteiger partial charge is 0.368 e. The van der Waals surface area contributed by atoms with Crippen LogP contribution >= 0.6 is 0 Å². The molecule has 0 radical (unpaired) electrons. The quantitative estimate of drug-likeness (QED) is 0.560. The van der Waals surface area contributed by atoms with Gasteiger partial charge in [0.25, 0.3) is 0 Å². The van der Waals surface area contributed by atoms with Gasteiger partial charge in [-0.3, -0.25) is 4.98 Å². The second-order valence-corrected chi connectivity index (χ2v) is 2.52.